The topological polar surface area (TPSA) is 46.9 Å². The van der Waals surface area contributed by atoms with Crippen molar-refractivity contribution in [2.75, 3.05) is 5.32 Å². The van der Waals surface area contributed by atoms with Gasteiger partial charge >= 0.3 is 0 Å². The van der Waals surface area contributed by atoms with Crippen molar-refractivity contribution in [3.8, 4) is 0 Å². The predicted octanol–water partition coefficient (Wildman–Crippen LogP) is 5.63. The summed E-state index contributed by atoms with van der Waals surface area (Å²) in [6.45, 7) is 6.70. The van der Waals surface area contributed by atoms with Gasteiger partial charge in [-0.15, -0.1) is 0 Å². The Bertz CT molecular complexity index is 1140. The average Bonchev–Trinajstić information content (AvgIpc) is 3.03. The molecule has 0 saturated heterocycles. The molecule has 156 valence electrons. The summed E-state index contributed by atoms with van der Waals surface area (Å²) in [5.41, 5.74) is 6.90. The number of carbonyl (C=O) groups excluding carboxylic acids is 1. The van der Waals surface area contributed by atoms with E-state index in [1.54, 1.807) is 0 Å². The third kappa shape index (κ3) is 4.58. The van der Waals surface area contributed by atoms with Crippen LogP contribution in [0.1, 0.15) is 39.6 Å². The summed E-state index contributed by atoms with van der Waals surface area (Å²) in [6.07, 6.45) is 0. The van der Waals surface area contributed by atoms with E-state index in [1.807, 2.05) is 79.2 Å². The molecule has 0 saturated carbocycles. The van der Waals surface area contributed by atoms with E-state index >= 15 is 0 Å². The molecule has 4 heteroatoms. The van der Waals surface area contributed by atoms with Crippen molar-refractivity contribution < 1.29 is 4.79 Å². The van der Waals surface area contributed by atoms with Gasteiger partial charge in [0, 0.05) is 0 Å². The monoisotopic (exact) mass is 409 g/mol. The largest absolute Gasteiger partial charge is 0.322 e. The summed E-state index contributed by atoms with van der Waals surface area (Å²) in [6, 6.07) is 28.2. The molecule has 1 N–H and O–H groups in total. The fourth-order valence-corrected chi connectivity index (χ4v) is 4.00. The van der Waals surface area contributed by atoms with Crippen molar-refractivity contribution in [2.24, 2.45) is 0 Å². The summed E-state index contributed by atoms with van der Waals surface area (Å²) in [5, 5.41) is 7.87. The molecule has 1 aromatic heterocycles. The molecule has 0 fully saturated rings. The van der Waals surface area contributed by atoms with Gasteiger partial charge in [0.2, 0.25) is 5.91 Å². The second kappa shape index (κ2) is 9.00. The first-order valence-corrected chi connectivity index (χ1v) is 10.5. The van der Waals surface area contributed by atoms with Crippen LogP contribution in [0, 0.1) is 20.8 Å². The lowest BCUT2D eigenvalue weighted by molar-refractivity contribution is -0.116. The second-order valence-corrected chi connectivity index (χ2v) is 7.94. The molecule has 0 bridgehead atoms. The number of benzene rings is 3. The number of anilines is 1. The third-order valence-corrected chi connectivity index (χ3v) is 5.57. The van der Waals surface area contributed by atoms with Gasteiger partial charge in [-0.3, -0.25) is 9.48 Å². The van der Waals surface area contributed by atoms with Crippen LogP contribution in [0.15, 0.2) is 84.9 Å². The first-order chi connectivity index (χ1) is 15.0. The maximum Gasteiger partial charge on any atom is 0.236 e. The van der Waals surface area contributed by atoms with Crippen LogP contribution in [0.4, 0.5) is 5.69 Å². The molecular formula is C27H27N3O. The van der Waals surface area contributed by atoms with Crippen molar-refractivity contribution in [3.63, 3.8) is 0 Å². The van der Waals surface area contributed by atoms with Gasteiger partial charge in [0.1, 0.15) is 0 Å². The maximum absolute atomic E-state index is 13.5. The molecule has 0 aliphatic carbocycles. The second-order valence-electron chi connectivity index (χ2n) is 7.94. The number of rotatable bonds is 6. The quantitative estimate of drug-likeness (QED) is 0.449. The van der Waals surface area contributed by atoms with E-state index in [4.69, 9.17) is 5.10 Å². The third-order valence-electron chi connectivity index (χ3n) is 5.57. The van der Waals surface area contributed by atoms with Crippen LogP contribution < -0.4 is 5.32 Å². The van der Waals surface area contributed by atoms with Crippen LogP contribution in [0.5, 0.6) is 0 Å². The van der Waals surface area contributed by atoms with Crippen molar-refractivity contribution in [2.45, 2.75) is 33.2 Å². The predicted molar refractivity (Wildman–Crippen MR) is 125 cm³/mol. The molecule has 0 atom stereocenters. The number of aromatic nitrogens is 2. The van der Waals surface area contributed by atoms with E-state index in [0.29, 0.717) is 6.54 Å². The van der Waals surface area contributed by atoms with E-state index in [1.165, 1.54) is 11.1 Å². The Kier molecular flexibility index (Phi) is 5.99. The molecular weight excluding hydrogens is 382 g/mol. The number of carbonyl (C=O) groups is 1. The highest BCUT2D eigenvalue weighted by atomic mass is 16.1. The van der Waals surface area contributed by atoms with Gasteiger partial charge in [0.05, 0.1) is 29.5 Å². The van der Waals surface area contributed by atoms with Crippen molar-refractivity contribution in [1.29, 1.82) is 0 Å². The minimum absolute atomic E-state index is 0.0568. The smallest absolute Gasteiger partial charge is 0.236 e. The molecule has 0 unspecified atom stereocenters. The normalized spacial score (nSPS) is 11.0. The summed E-state index contributed by atoms with van der Waals surface area (Å²) in [7, 11) is 0. The average molecular weight is 410 g/mol. The van der Waals surface area contributed by atoms with E-state index in [2.05, 4.69) is 36.5 Å². The highest BCUT2D eigenvalue weighted by Crippen LogP contribution is 2.28. The lowest BCUT2D eigenvalue weighted by Crippen LogP contribution is -2.23. The number of hydrogen-bond acceptors (Lipinski definition) is 2. The zero-order chi connectivity index (χ0) is 21.8. The molecule has 0 radical (unpaired) electrons. The molecule has 0 aliphatic heterocycles. The zero-order valence-corrected chi connectivity index (χ0v) is 18.2. The molecule has 1 heterocycles. The van der Waals surface area contributed by atoms with Crippen LogP contribution >= 0.6 is 0 Å². The Morgan fingerprint density at radius 1 is 0.871 bits per heavy atom. The zero-order valence-electron chi connectivity index (χ0n) is 18.2. The Morgan fingerprint density at radius 2 is 1.48 bits per heavy atom. The van der Waals surface area contributed by atoms with Gasteiger partial charge in [-0.25, -0.2) is 0 Å². The van der Waals surface area contributed by atoms with Crippen molar-refractivity contribution in [1.82, 2.24) is 9.78 Å². The minimum atomic E-state index is -0.388. The molecule has 4 aromatic rings. The Hall–Kier alpha value is -3.66. The fourth-order valence-electron chi connectivity index (χ4n) is 4.00. The highest BCUT2D eigenvalue weighted by molar-refractivity contribution is 5.99. The van der Waals surface area contributed by atoms with Crippen LogP contribution in [-0.4, -0.2) is 15.7 Å². The Labute approximate surface area is 183 Å². The number of amides is 1. The number of nitrogens with one attached hydrogen (secondary N) is 1. The van der Waals surface area contributed by atoms with E-state index < -0.39 is 0 Å². The molecule has 0 aliphatic rings. The number of nitrogens with zero attached hydrogens (tertiary/aromatic N) is 2. The minimum Gasteiger partial charge on any atom is -0.322 e. The molecule has 4 rings (SSSR count). The SMILES string of the molecule is Cc1cccc(Cn2nc(C)c(NC(=O)C(c3ccccc3)c3ccccc3)c2C)c1. The van der Waals surface area contributed by atoms with Gasteiger partial charge in [0.25, 0.3) is 0 Å². The Morgan fingerprint density at radius 3 is 2.06 bits per heavy atom. The van der Waals surface area contributed by atoms with Gasteiger partial charge in [-0.2, -0.15) is 5.10 Å². The van der Waals surface area contributed by atoms with E-state index in [-0.39, 0.29) is 11.8 Å². The van der Waals surface area contributed by atoms with Gasteiger partial charge in [-0.05, 0) is 37.5 Å². The fraction of sp³-hybridized carbons (Fsp3) is 0.185. The standard InChI is InChI=1S/C27H27N3O/c1-19-11-10-12-22(17-19)18-30-21(3)26(20(2)29-30)28-27(31)25(23-13-6-4-7-14-23)24-15-8-5-9-16-24/h4-17,25H,18H2,1-3H3,(H,28,31). The summed E-state index contributed by atoms with van der Waals surface area (Å²) in [5.74, 6) is -0.444. The summed E-state index contributed by atoms with van der Waals surface area (Å²) < 4.78 is 1.96. The van der Waals surface area contributed by atoms with E-state index in [9.17, 15) is 4.79 Å². The van der Waals surface area contributed by atoms with Crippen LogP contribution in [0.3, 0.4) is 0 Å². The van der Waals surface area contributed by atoms with Crippen LogP contribution in [0.25, 0.3) is 0 Å². The Balaban J connectivity index is 1.63. The van der Waals surface area contributed by atoms with Gasteiger partial charge in [-0.1, -0.05) is 90.5 Å². The van der Waals surface area contributed by atoms with Gasteiger partial charge < -0.3 is 5.32 Å². The highest BCUT2D eigenvalue weighted by Gasteiger charge is 2.24. The van der Waals surface area contributed by atoms with E-state index in [0.717, 1.165) is 28.2 Å². The first-order valence-electron chi connectivity index (χ1n) is 10.5. The maximum atomic E-state index is 13.5. The van der Waals surface area contributed by atoms with Crippen molar-refractivity contribution >= 4 is 11.6 Å². The molecule has 1 amide bonds. The summed E-state index contributed by atoms with van der Waals surface area (Å²) in [4.78, 5) is 13.5. The molecule has 31 heavy (non-hydrogen) atoms. The lowest BCUT2D eigenvalue weighted by Gasteiger charge is -2.18. The molecule has 4 nitrogen and oxygen atoms in total. The number of aryl methyl sites for hydroxylation is 2. The van der Waals surface area contributed by atoms with Gasteiger partial charge in [0.15, 0.2) is 0 Å². The van der Waals surface area contributed by atoms with Crippen molar-refractivity contribution in [3.05, 3.63) is 119 Å². The molecule has 3 aromatic carbocycles. The first kappa shape index (κ1) is 20.6. The van der Waals surface area contributed by atoms with Crippen LogP contribution in [0.2, 0.25) is 0 Å². The molecule has 0 spiro atoms. The summed E-state index contributed by atoms with van der Waals surface area (Å²) >= 11 is 0. The number of hydrogen-bond donors (Lipinski definition) is 1. The lowest BCUT2D eigenvalue weighted by atomic mass is 9.90. The van der Waals surface area contributed by atoms with Crippen LogP contribution in [-0.2, 0) is 11.3 Å².